The van der Waals surface area contributed by atoms with Gasteiger partial charge in [0, 0.05) is 24.5 Å². The number of hydrogen-bond acceptors (Lipinski definition) is 5. The number of rotatable bonds is 6. The highest BCUT2D eigenvalue weighted by Crippen LogP contribution is 2.22. The fourth-order valence-corrected chi connectivity index (χ4v) is 2.41. The van der Waals surface area contributed by atoms with E-state index in [9.17, 15) is 14.9 Å². The molecule has 24 heavy (non-hydrogen) atoms. The van der Waals surface area contributed by atoms with E-state index >= 15 is 0 Å². The second kappa shape index (κ2) is 6.78. The molecule has 8 heteroatoms. The molecule has 0 bridgehead atoms. The summed E-state index contributed by atoms with van der Waals surface area (Å²) >= 11 is 0. The van der Waals surface area contributed by atoms with Crippen molar-refractivity contribution in [3.05, 3.63) is 64.3 Å². The number of H-pyrrole nitrogens is 1. The van der Waals surface area contributed by atoms with Crippen LogP contribution in [0, 0.1) is 10.1 Å². The third-order valence-electron chi connectivity index (χ3n) is 3.55. The van der Waals surface area contributed by atoms with Gasteiger partial charge in [0.2, 0.25) is 0 Å². The SMILES string of the molecule is O=C(NCCNc1ccccc1[N+](=O)[O-])c1cccc2cn[nH]c12. The van der Waals surface area contributed by atoms with Crippen molar-refractivity contribution >= 4 is 28.2 Å². The first-order chi connectivity index (χ1) is 11.7. The molecule has 0 aliphatic rings. The van der Waals surface area contributed by atoms with Gasteiger partial charge >= 0.3 is 0 Å². The van der Waals surface area contributed by atoms with E-state index < -0.39 is 4.92 Å². The van der Waals surface area contributed by atoms with Crippen LogP contribution >= 0.6 is 0 Å². The van der Waals surface area contributed by atoms with Crippen molar-refractivity contribution in [2.45, 2.75) is 0 Å². The van der Waals surface area contributed by atoms with E-state index in [0.717, 1.165) is 5.39 Å². The molecule has 3 aromatic rings. The monoisotopic (exact) mass is 325 g/mol. The predicted molar refractivity (Wildman–Crippen MR) is 90.0 cm³/mol. The minimum absolute atomic E-state index is 0.00561. The number of amides is 1. The molecular formula is C16H15N5O3. The van der Waals surface area contributed by atoms with Gasteiger partial charge in [0.1, 0.15) is 5.69 Å². The molecule has 1 amide bonds. The van der Waals surface area contributed by atoms with E-state index in [-0.39, 0.29) is 11.6 Å². The lowest BCUT2D eigenvalue weighted by Gasteiger charge is -2.09. The van der Waals surface area contributed by atoms with Crippen LogP contribution in [-0.2, 0) is 0 Å². The molecule has 0 aliphatic heterocycles. The lowest BCUT2D eigenvalue weighted by Crippen LogP contribution is -2.29. The number of para-hydroxylation sites is 3. The van der Waals surface area contributed by atoms with Crippen molar-refractivity contribution in [2.24, 2.45) is 0 Å². The minimum atomic E-state index is -0.445. The van der Waals surface area contributed by atoms with Gasteiger partial charge < -0.3 is 10.6 Å². The number of nitro benzene ring substituents is 1. The van der Waals surface area contributed by atoms with Crippen LogP contribution in [0.4, 0.5) is 11.4 Å². The maximum atomic E-state index is 12.2. The molecule has 8 nitrogen and oxygen atoms in total. The van der Waals surface area contributed by atoms with Gasteiger partial charge in [-0.2, -0.15) is 5.10 Å². The third kappa shape index (κ3) is 3.17. The van der Waals surface area contributed by atoms with Gasteiger partial charge in [0.15, 0.2) is 0 Å². The van der Waals surface area contributed by atoms with Crippen molar-refractivity contribution in [1.29, 1.82) is 0 Å². The van der Waals surface area contributed by atoms with Gasteiger partial charge in [0.25, 0.3) is 11.6 Å². The quantitative estimate of drug-likeness (QED) is 0.366. The average Bonchev–Trinajstić information content (AvgIpc) is 3.07. The Morgan fingerprint density at radius 3 is 2.83 bits per heavy atom. The highest BCUT2D eigenvalue weighted by molar-refractivity contribution is 6.05. The summed E-state index contributed by atoms with van der Waals surface area (Å²) in [7, 11) is 0. The predicted octanol–water partition coefficient (Wildman–Crippen LogP) is 2.31. The first kappa shape index (κ1) is 15.5. The molecule has 1 aromatic heterocycles. The van der Waals surface area contributed by atoms with Crippen LogP contribution in [0.5, 0.6) is 0 Å². The number of carbonyl (C=O) groups is 1. The van der Waals surface area contributed by atoms with Crippen LogP contribution in [0.3, 0.4) is 0 Å². The number of aromatic nitrogens is 2. The number of anilines is 1. The Kier molecular flexibility index (Phi) is 4.37. The maximum absolute atomic E-state index is 12.2. The largest absolute Gasteiger partial charge is 0.378 e. The van der Waals surface area contributed by atoms with Gasteiger partial charge in [-0.3, -0.25) is 20.0 Å². The Hall–Kier alpha value is -3.42. The second-order valence-electron chi connectivity index (χ2n) is 5.10. The molecule has 0 atom stereocenters. The van der Waals surface area contributed by atoms with E-state index in [0.29, 0.717) is 29.9 Å². The Bertz CT molecular complexity index is 890. The summed E-state index contributed by atoms with van der Waals surface area (Å²) in [5, 5.41) is 24.3. The smallest absolute Gasteiger partial charge is 0.292 e. The number of nitrogens with zero attached hydrogens (tertiary/aromatic N) is 2. The Morgan fingerprint density at radius 1 is 1.17 bits per heavy atom. The molecule has 0 saturated heterocycles. The summed E-state index contributed by atoms with van der Waals surface area (Å²) in [6, 6.07) is 11.8. The molecule has 1 heterocycles. The van der Waals surface area contributed by atoms with Crippen LogP contribution in [0.25, 0.3) is 10.9 Å². The highest BCUT2D eigenvalue weighted by Gasteiger charge is 2.13. The van der Waals surface area contributed by atoms with E-state index in [4.69, 9.17) is 0 Å². The van der Waals surface area contributed by atoms with E-state index in [2.05, 4.69) is 20.8 Å². The summed E-state index contributed by atoms with van der Waals surface area (Å²) < 4.78 is 0. The third-order valence-corrected chi connectivity index (χ3v) is 3.55. The zero-order valence-electron chi connectivity index (χ0n) is 12.7. The van der Waals surface area contributed by atoms with E-state index in [1.807, 2.05) is 6.07 Å². The van der Waals surface area contributed by atoms with E-state index in [1.165, 1.54) is 6.07 Å². The average molecular weight is 325 g/mol. The van der Waals surface area contributed by atoms with Gasteiger partial charge in [-0.25, -0.2) is 0 Å². The van der Waals surface area contributed by atoms with Crippen molar-refractivity contribution in [2.75, 3.05) is 18.4 Å². The van der Waals surface area contributed by atoms with Crippen LogP contribution in [0.2, 0.25) is 0 Å². The number of nitro groups is 1. The number of aromatic amines is 1. The topological polar surface area (TPSA) is 113 Å². The second-order valence-corrected chi connectivity index (χ2v) is 5.10. The van der Waals surface area contributed by atoms with Crippen LogP contribution in [-0.4, -0.2) is 34.1 Å². The molecule has 0 saturated carbocycles. The van der Waals surface area contributed by atoms with Crippen molar-refractivity contribution in [3.63, 3.8) is 0 Å². The van der Waals surface area contributed by atoms with Crippen LogP contribution in [0.1, 0.15) is 10.4 Å². The molecule has 0 fully saturated rings. The number of nitrogens with one attached hydrogen (secondary N) is 3. The summed E-state index contributed by atoms with van der Waals surface area (Å²) in [5.74, 6) is -0.228. The summed E-state index contributed by atoms with van der Waals surface area (Å²) in [6.07, 6.45) is 1.65. The van der Waals surface area contributed by atoms with Crippen LogP contribution < -0.4 is 10.6 Å². The van der Waals surface area contributed by atoms with E-state index in [1.54, 1.807) is 36.5 Å². The van der Waals surface area contributed by atoms with Gasteiger partial charge in [0.05, 0.1) is 22.2 Å². The zero-order valence-corrected chi connectivity index (χ0v) is 12.7. The molecule has 3 rings (SSSR count). The summed E-state index contributed by atoms with van der Waals surface area (Å²) in [4.78, 5) is 22.7. The normalized spacial score (nSPS) is 10.5. The highest BCUT2D eigenvalue weighted by atomic mass is 16.6. The zero-order chi connectivity index (χ0) is 16.9. The molecular weight excluding hydrogens is 310 g/mol. The standard InChI is InChI=1S/C16H15N5O3/c22-16(12-5-3-4-11-10-19-20-15(11)12)18-9-8-17-13-6-1-2-7-14(13)21(23)24/h1-7,10,17H,8-9H2,(H,18,22)(H,19,20). The van der Waals surface area contributed by atoms with Gasteiger partial charge in [-0.15, -0.1) is 0 Å². The minimum Gasteiger partial charge on any atom is -0.378 e. The molecule has 122 valence electrons. The van der Waals surface area contributed by atoms with Gasteiger partial charge in [-0.1, -0.05) is 24.3 Å². The first-order valence-electron chi connectivity index (χ1n) is 7.34. The Balaban J connectivity index is 1.58. The van der Waals surface area contributed by atoms with Gasteiger partial charge in [-0.05, 0) is 12.1 Å². The number of carbonyl (C=O) groups excluding carboxylic acids is 1. The van der Waals surface area contributed by atoms with Crippen molar-refractivity contribution in [1.82, 2.24) is 15.5 Å². The molecule has 3 N–H and O–H groups in total. The lowest BCUT2D eigenvalue weighted by molar-refractivity contribution is -0.384. The molecule has 2 aromatic carbocycles. The van der Waals surface area contributed by atoms with Crippen molar-refractivity contribution in [3.8, 4) is 0 Å². The number of hydrogen-bond donors (Lipinski definition) is 3. The fourth-order valence-electron chi connectivity index (χ4n) is 2.41. The molecule has 0 unspecified atom stereocenters. The van der Waals surface area contributed by atoms with Crippen molar-refractivity contribution < 1.29 is 9.72 Å². The molecule has 0 aliphatic carbocycles. The molecule has 0 radical (unpaired) electrons. The number of fused-ring (bicyclic) bond motifs is 1. The lowest BCUT2D eigenvalue weighted by atomic mass is 10.1. The maximum Gasteiger partial charge on any atom is 0.292 e. The number of benzene rings is 2. The summed E-state index contributed by atoms with van der Waals surface area (Å²) in [6.45, 7) is 0.699. The molecule has 0 spiro atoms. The Labute approximate surface area is 137 Å². The first-order valence-corrected chi connectivity index (χ1v) is 7.34. The summed E-state index contributed by atoms with van der Waals surface area (Å²) in [5.41, 5.74) is 1.62. The fraction of sp³-hybridized carbons (Fsp3) is 0.125. The Morgan fingerprint density at radius 2 is 2.00 bits per heavy atom. The van der Waals surface area contributed by atoms with Crippen LogP contribution in [0.15, 0.2) is 48.7 Å².